The Morgan fingerprint density at radius 2 is 1.62 bits per heavy atom. The summed E-state index contributed by atoms with van der Waals surface area (Å²) in [4.78, 5) is 0.283. The molecule has 0 aliphatic carbocycles. The fourth-order valence-electron chi connectivity index (χ4n) is 2.11. The van der Waals surface area contributed by atoms with Crippen molar-refractivity contribution in [1.29, 1.82) is 0 Å². The van der Waals surface area contributed by atoms with Gasteiger partial charge in [-0.3, -0.25) is 4.31 Å². The van der Waals surface area contributed by atoms with Crippen LogP contribution in [0.2, 0.25) is 0 Å². The normalized spacial score (nSPS) is 11.2. The van der Waals surface area contributed by atoms with Crippen LogP contribution in [0.1, 0.15) is 11.1 Å². The van der Waals surface area contributed by atoms with Crippen molar-refractivity contribution < 1.29 is 13.2 Å². The second-order valence-corrected chi connectivity index (χ2v) is 6.91. The zero-order chi connectivity index (χ0) is 15.6. The number of nitrogens with zero attached hydrogens (tertiary/aromatic N) is 1. The highest BCUT2D eigenvalue weighted by Gasteiger charge is 2.22. The van der Waals surface area contributed by atoms with Gasteiger partial charge in [0, 0.05) is 7.05 Å². The van der Waals surface area contributed by atoms with E-state index in [2.05, 4.69) is 0 Å². The number of aryl methyl sites for hydroxylation is 2. The van der Waals surface area contributed by atoms with Gasteiger partial charge in [-0.25, -0.2) is 8.42 Å². The van der Waals surface area contributed by atoms with Gasteiger partial charge in [0.1, 0.15) is 5.75 Å². The minimum Gasteiger partial charge on any atom is -0.497 e. The first-order valence-electron chi connectivity index (χ1n) is 6.56. The Bertz CT molecular complexity index is 737. The molecule has 0 N–H and O–H groups in total. The molecule has 0 atom stereocenters. The average Bonchev–Trinajstić information content (AvgIpc) is 2.46. The maximum atomic E-state index is 12.6. The lowest BCUT2D eigenvalue weighted by atomic mass is 10.2. The number of sulfonamides is 1. The van der Waals surface area contributed by atoms with Crippen LogP contribution in [0.15, 0.2) is 47.4 Å². The fourth-order valence-corrected chi connectivity index (χ4v) is 3.37. The second-order valence-electron chi connectivity index (χ2n) is 4.94. The Hall–Kier alpha value is -2.01. The Morgan fingerprint density at radius 1 is 1.00 bits per heavy atom. The van der Waals surface area contributed by atoms with Gasteiger partial charge in [0.15, 0.2) is 0 Å². The standard InChI is InChI=1S/C16H19NO3S/c1-12-5-8-15(9-6-12)21(18,19)17(3)16-10-7-14(20-4)11-13(16)2/h5-11H,1-4H3. The van der Waals surface area contributed by atoms with Crippen LogP contribution in [0.3, 0.4) is 0 Å². The molecule has 0 radical (unpaired) electrons. The molecule has 0 saturated carbocycles. The third kappa shape index (κ3) is 3.03. The average molecular weight is 305 g/mol. The number of hydrogen-bond donors (Lipinski definition) is 0. The van der Waals surface area contributed by atoms with Crippen LogP contribution in [-0.2, 0) is 10.0 Å². The van der Waals surface area contributed by atoms with E-state index in [4.69, 9.17) is 4.74 Å². The maximum absolute atomic E-state index is 12.6. The molecule has 4 nitrogen and oxygen atoms in total. The van der Waals surface area contributed by atoms with Crippen LogP contribution in [0.4, 0.5) is 5.69 Å². The molecule has 0 aliphatic heterocycles. The van der Waals surface area contributed by atoms with Crippen LogP contribution in [0, 0.1) is 13.8 Å². The summed E-state index contributed by atoms with van der Waals surface area (Å²) in [5, 5.41) is 0. The number of rotatable bonds is 4. The van der Waals surface area contributed by atoms with Gasteiger partial charge in [0.05, 0.1) is 17.7 Å². The van der Waals surface area contributed by atoms with E-state index in [0.717, 1.165) is 11.1 Å². The zero-order valence-electron chi connectivity index (χ0n) is 12.6. The first kappa shape index (κ1) is 15.4. The van der Waals surface area contributed by atoms with Crippen LogP contribution in [-0.4, -0.2) is 22.6 Å². The van der Waals surface area contributed by atoms with Gasteiger partial charge in [-0.1, -0.05) is 17.7 Å². The summed E-state index contributed by atoms with van der Waals surface area (Å²) in [6.07, 6.45) is 0. The first-order valence-corrected chi connectivity index (χ1v) is 8.00. The van der Waals surface area contributed by atoms with Gasteiger partial charge in [-0.15, -0.1) is 0 Å². The highest BCUT2D eigenvalue weighted by atomic mass is 32.2. The van der Waals surface area contributed by atoms with Crippen LogP contribution < -0.4 is 9.04 Å². The quantitative estimate of drug-likeness (QED) is 0.872. The van der Waals surface area contributed by atoms with Crippen molar-refractivity contribution in [2.24, 2.45) is 0 Å². The fraction of sp³-hybridized carbons (Fsp3) is 0.250. The van der Waals surface area contributed by atoms with Gasteiger partial charge in [-0.05, 0) is 49.7 Å². The predicted octanol–water partition coefficient (Wildman–Crippen LogP) is 3.14. The summed E-state index contributed by atoms with van der Waals surface area (Å²) in [5.41, 5.74) is 2.50. The molecule has 2 aromatic rings. The SMILES string of the molecule is COc1ccc(N(C)S(=O)(=O)c2ccc(C)cc2)c(C)c1. The van der Waals surface area contributed by atoms with Crippen LogP contribution >= 0.6 is 0 Å². The third-order valence-electron chi connectivity index (χ3n) is 3.42. The molecule has 0 spiro atoms. The molecule has 5 heteroatoms. The van der Waals surface area contributed by atoms with Crippen molar-refractivity contribution in [3.63, 3.8) is 0 Å². The Balaban J connectivity index is 2.43. The van der Waals surface area contributed by atoms with Crippen LogP contribution in [0.25, 0.3) is 0 Å². The summed E-state index contributed by atoms with van der Waals surface area (Å²) in [5.74, 6) is 0.706. The number of hydrogen-bond acceptors (Lipinski definition) is 3. The Labute approximate surface area is 126 Å². The van der Waals surface area contributed by atoms with Crippen LogP contribution in [0.5, 0.6) is 5.75 Å². The lowest BCUT2D eigenvalue weighted by Gasteiger charge is -2.22. The first-order chi connectivity index (χ1) is 9.86. The molecule has 0 heterocycles. The summed E-state index contributed by atoms with van der Waals surface area (Å²) in [6, 6.07) is 12.2. The lowest BCUT2D eigenvalue weighted by molar-refractivity contribution is 0.414. The number of methoxy groups -OCH3 is 1. The monoisotopic (exact) mass is 305 g/mol. The lowest BCUT2D eigenvalue weighted by Crippen LogP contribution is -2.27. The molecule has 112 valence electrons. The van der Waals surface area contributed by atoms with Crippen molar-refractivity contribution in [2.45, 2.75) is 18.7 Å². The number of ether oxygens (including phenoxy) is 1. The number of anilines is 1. The van der Waals surface area contributed by atoms with E-state index in [9.17, 15) is 8.42 Å². The Morgan fingerprint density at radius 3 is 2.14 bits per heavy atom. The Kier molecular flexibility index (Phi) is 4.23. The smallest absolute Gasteiger partial charge is 0.264 e. The van der Waals surface area contributed by atoms with Crippen molar-refractivity contribution in [1.82, 2.24) is 0 Å². The van der Waals surface area contributed by atoms with Gasteiger partial charge in [-0.2, -0.15) is 0 Å². The highest BCUT2D eigenvalue weighted by Crippen LogP contribution is 2.28. The molecule has 0 bridgehead atoms. The summed E-state index contributed by atoms with van der Waals surface area (Å²) in [6.45, 7) is 3.78. The third-order valence-corrected chi connectivity index (χ3v) is 5.21. The van der Waals surface area contributed by atoms with E-state index in [1.54, 1.807) is 50.6 Å². The summed E-state index contributed by atoms with van der Waals surface area (Å²) >= 11 is 0. The molecule has 21 heavy (non-hydrogen) atoms. The van der Waals surface area contributed by atoms with Gasteiger partial charge in [0.25, 0.3) is 10.0 Å². The van der Waals surface area contributed by atoms with E-state index < -0.39 is 10.0 Å². The molecule has 2 rings (SSSR count). The zero-order valence-corrected chi connectivity index (χ0v) is 13.4. The van der Waals surface area contributed by atoms with Crippen molar-refractivity contribution in [3.05, 3.63) is 53.6 Å². The van der Waals surface area contributed by atoms with E-state index >= 15 is 0 Å². The van der Waals surface area contributed by atoms with Gasteiger partial charge < -0.3 is 4.74 Å². The molecule has 2 aromatic carbocycles. The van der Waals surface area contributed by atoms with Gasteiger partial charge in [0.2, 0.25) is 0 Å². The van der Waals surface area contributed by atoms with Crippen molar-refractivity contribution >= 4 is 15.7 Å². The van der Waals surface area contributed by atoms with E-state index in [-0.39, 0.29) is 4.90 Å². The van der Waals surface area contributed by atoms with Crippen molar-refractivity contribution in [2.75, 3.05) is 18.5 Å². The molecule has 0 fully saturated rings. The van der Waals surface area contributed by atoms with Crippen molar-refractivity contribution in [3.8, 4) is 5.75 Å². The molecule has 0 aliphatic rings. The topological polar surface area (TPSA) is 46.6 Å². The predicted molar refractivity (Wildman–Crippen MR) is 84.5 cm³/mol. The molecule has 0 unspecified atom stereocenters. The molecule has 0 amide bonds. The second kappa shape index (κ2) is 5.77. The molecule has 0 aromatic heterocycles. The van der Waals surface area contributed by atoms with Gasteiger partial charge >= 0.3 is 0 Å². The summed E-state index contributed by atoms with van der Waals surface area (Å²) in [7, 11) is -0.414. The molecular formula is C16H19NO3S. The summed E-state index contributed by atoms with van der Waals surface area (Å²) < 4.78 is 31.7. The molecular weight excluding hydrogens is 286 g/mol. The van der Waals surface area contributed by atoms with E-state index in [0.29, 0.717) is 11.4 Å². The minimum absolute atomic E-state index is 0.283. The van der Waals surface area contributed by atoms with E-state index in [1.165, 1.54) is 4.31 Å². The largest absolute Gasteiger partial charge is 0.497 e. The maximum Gasteiger partial charge on any atom is 0.264 e. The number of benzene rings is 2. The minimum atomic E-state index is -3.56. The van der Waals surface area contributed by atoms with E-state index in [1.807, 2.05) is 19.9 Å². The molecule has 0 saturated heterocycles. The highest BCUT2D eigenvalue weighted by molar-refractivity contribution is 7.92.